The number of aromatic nitrogens is 5. The van der Waals surface area contributed by atoms with Gasteiger partial charge in [0.25, 0.3) is 0 Å². The van der Waals surface area contributed by atoms with Gasteiger partial charge in [-0.2, -0.15) is 0 Å². The van der Waals surface area contributed by atoms with Gasteiger partial charge in [-0.1, -0.05) is 17.8 Å². The van der Waals surface area contributed by atoms with Gasteiger partial charge < -0.3 is 9.14 Å². The number of hydrogen-bond acceptors (Lipinski definition) is 7. The zero-order chi connectivity index (χ0) is 17.9. The first kappa shape index (κ1) is 16.8. The van der Waals surface area contributed by atoms with Gasteiger partial charge in [-0.3, -0.25) is 5.10 Å². The summed E-state index contributed by atoms with van der Waals surface area (Å²) >= 11 is 3.20. The fourth-order valence-electron chi connectivity index (χ4n) is 2.54. The lowest BCUT2D eigenvalue weighted by Gasteiger charge is -2.00. The van der Waals surface area contributed by atoms with E-state index >= 15 is 0 Å². The van der Waals surface area contributed by atoms with E-state index in [4.69, 9.17) is 4.74 Å². The van der Waals surface area contributed by atoms with Crippen molar-refractivity contribution >= 4 is 34.7 Å². The van der Waals surface area contributed by atoms with Crippen molar-refractivity contribution in [3.05, 3.63) is 64.0 Å². The van der Waals surface area contributed by atoms with E-state index in [2.05, 4.69) is 26.2 Å². The minimum absolute atomic E-state index is 0.396. The predicted molar refractivity (Wildman–Crippen MR) is 99.6 cm³/mol. The third kappa shape index (κ3) is 3.49. The van der Waals surface area contributed by atoms with Crippen LogP contribution in [0.5, 0.6) is 0 Å². The summed E-state index contributed by atoms with van der Waals surface area (Å²) in [5.41, 5.74) is 1.88. The number of nitrogens with one attached hydrogen (secondary N) is 1. The molecule has 0 saturated heterocycles. The standard InChI is InChI=1S/C17H15N5O2S2/c1-24-16(23)13-5-2-6-22-9-11(18-15(13)22)10-26-17-19-14(20-21-17)8-12-4-3-7-25-12/h2-7,9H,8,10H2,1H3,(H,19,20,21). The van der Waals surface area contributed by atoms with Gasteiger partial charge in [-0.25, -0.2) is 14.8 Å². The number of thioether (sulfide) groups is 1. The van der Waals surface area contributed by atoms with Crippen LogP contribution in [0.3, 0.4) is 0 Å². The quantitative estimate of drug-likeness (QED) is 0.405. The molecule has 0 aliphatic heterocycles. The molecular formula is C17H15N5O2S2. The molecule has 0 fully saturated rings. The Morgan fingerprint density at radius 3 is 3.08 bits per heavy atom. The number of aromatic amines is 1. The number of methoxy groups -OCH3 is 1. The Labute approximate surface area is 157 Å². The minimum atomic E-state index is -0.396. The predicted octanol–water partition coefficient (Wildman–Crippen LogP) is 3.18. The Balaban J connectivity index is 1.46. The van der Waals surface area contributed by atoms with E-state index in [1.54, 1.807) is 23.5 Å². The molecule has 0 radical (unpaired) electrons. The highest BCUT2D eigenvalue weighted by Crippen LogP contribution is 2.21. The normalized spacial score (nSPS) is 11.1. The first-order valence-electron chi connectivity index (χ1n) is 7.84. The molecule has 132 valence electrons. The molecule has 0 aliphatic carbocycles. The van der Waals surface area contributed by atoms with Gasteiger partial charge in [0.05, 0.1) is 12.8 Å². The molecule has 0 unspecified atom stereocenters. The molecule has 0 bridgehead atoms. The van der Waals surface area contributed by atoms with Crippen LogP contribution in [-0.2, 0) is 16.9 Å². The molecule has 1 N–H and O–H groups in total. The maximum absolute atomic E-state index is 11.8. The molecule has 26 heavy (non-hydrogen) atoms. The van der Waals surface area contributed by atoms with Crippen molar-refractivity contribution in [1.82, 2.24) is 24.6 Å². The highest BCUT2D eigenvalue weighted by Gasteiger charge is 2.14. The molecule has 0 atom stereocenters. The van der Waals surface area contributed by atoms with Crippen LogP contribution in [0.15, 0.2) is 47.2 Å². The summed E-state index contributed by atoms with van der Waals surface area (Å²) in [7, 11) is 1.36. The average Bonchev–Trinajstić information content (AvgIpc) is 3.39. The van der Waals surface area contributed by atoms with Crippen LogP contribution in [0.4, 0.5) is 0 Å². The Bertz CT molecular complexity index is 1040. The number of esters is 1. The van der Waals surface area contributed by atoms with Gasteiger partial charge >= 0.3 is 5.97 Å². The second-order valence-corrected chi connectivity index (χ2v) is 7.46. The molecule has 4 rings (SSSR count). The van der Waals surface area contributed by atoms with E-state index in [9.17, 15) is 4.79 Å². The molecule has 4 heterocycles. The number of nitrogens with zero attached hydrogens (tertiary/aromatic N) is 4. The molecule has 7 nitrogen and oxygen atoms in total. The summed E-state index contributed by atoms with van der Waals surface area (Å²) < 4.78 is 6.63. The van der Waals surface area contributed by atoms with Crippen LogP contribution in [0.2, 0.25) is 0 Å². The van der Waals surface area contributed by atoms with Crippen molar-refractivity contribution in [1.29, 1.82) is 0 Å². The Morgan fingerprint density at radius 1 is 1.35 bits per heavy atom. The van der Waals surface area contributed by atoms with Gasteiger partial charge in [-0.15, -0.1) is 16.4 Å². The van der Waals surface area contributed by atoms with Crippen LogP contribution < -0.4 is 0 Å². The molecule has 9 heteroatoms. The lowest BCUT2D eigenvalue weighted by atomic mass is 10.3. The number of thiophene rings is 1. The summed E-state index contributed by atoms with van der Waals surface area (Å²) in [6.07, 6.45) is 4.50. The number of imidazole rings is 1. The van der Waals surface area contributed by atoms with Crippen molar-refractivity contribution in [2.45, 2.75) is 17.3 Å². The summed E-state index contributed by atoms with van der Waals surface area (Å²) in [5.74, 6) is 1.06. The third-order valence-electron chi connectivity index (χ3n) is 3.72. The van der Waals surface area contributed by atoms with Gasteiger partial charge in [-0.05, 0) is 23.6 Å². The SMILES string of the molecule is COC(=O)c1cccn2cc(CSc3n[nH]c(Cc4cccs4)n3)nc12. The van der Waals surface area contributed by atoms with Crippen LogP contribution in [0, 0.1) is 0 Å². The maximum Gasteiger partial charge on any atom is 0.341 e. The maximum atomic E-state index is 11.8. The summed E-state index contributed by atoms with van der Waals surface area (Å²) in [4.78, 5) is 22.1. The molecule has 0 aliphatic rings. The van der Waals surface area contributed by atoms with Crippen LogP contribution >= 0.6 is 23.1 Å². The summed E-state index contributed by atoms with van der Waals surface area (Å²) in [6.45, 7) is 0. The Kier molecular flexibility index (Phi) is 4.72. The largest absolute Gasteiger partial charge is 0.465 e. The van der Waals surface area contributed by atoms with Gasteiger partial charge in [0.2, 0.25) is 5.16 Å². The van der Waals surface area contributed by atoms with Gasteiger partial charge in [0.15, 0.2) is 5.65 Å². The van der Waals surface area contributed by atoms with Crippen LogP contribution in [0.25, 0.3) is 5.65 Å². The van der Waals surface area contributed by atoms with Crippen LogP contribution in [0.1, 0.15) is 26.8 Å². The van der Waals surface area contributed by atoms with Gasteiger partial charge in [0.1, 0.15) is 11.4 Å². The van der Waals surface area contributed by atoms with Gasteiger partial charge in [0, 0.05) is 29.4 Å². The fraction of sp³-hybridized carbons (Fsp3) is 0.176. The number of carbonyl (C=O) groups excluding carboxylic acids is 1. The zero-order valence-electron chi connectivity index (χ0n) is 13.9. The van der Waals surface area contributed by atoms with E-state index in [0.717, 1.165) is 17.9 Å². The molecule has 0 spiro atoms. The number of H-pyrrole nitrogens is 1. The second kappa shape index (κ2) is 7.30. The zero-order valence-corrected chi connectivity index (χ0v) is 15.5. The van der Waals surface area contributed by atoms with Crippen molar-refractivity contribution < 1.29 is 9.53 Å². The van der Waals surface area contributed by atoms with E-state index in [1.807, 2.05) is 28.2 Å². The molecule has 4 aromatic heterocycles. The Hall–Kier alpha value is -2.65. The smallest absolute Gasteiger partial charge is 0.341 e. The number of ether oxygens (including phenoxy) is 1. The van der Waals surface area contributed by atoms with Crippen molar-refractivity contribution in [3.8, 4) is 0 Å². The molecule has 0 amide bonds. The Morgan fingerprint density at radius 2 is 2.27 bits per heavy atom. The number of fused-ring (bicyclic) bond motifs is 1. The average molecular weight is 385 g/mol. The fourth-order valence-corrected chi connectivity index (χ4v) is 3.95. The van der Waals surface area contributed by atoms with Crippen molar-refractivity contribution in [2.75, 3.05) is 7.11 Å². The highest BCUT2D eigenvalue weighted by atomic mass is 32.2. The first-order chi connectivity index (χ1) is 12.7. The highest BCUT2D eigenvalue weighted by molar-refractivity contribution is 7.98. The lowest BCUT2D eigenvalue weighted by molar-refractivity contribution is 0.0602. The van der Waals surface area contributed by atoms with Crippen molar-refractivity contribution in [3.63, 3.8) is 0 Å². The number of hydrogen-bond donors (Lipinski definition) is 1. The first-order valence-corrected chi connectivity index (χ1v) is 9.71. The number of pyridine rings is 1. The number of rotatable bonds is 6. The van der Waals surface area contributed by atoms with E-state index in [0.29, 0.717) is 22.1 Å². The van der Waals surface area contributed by atoms with E-state index in [1.165, 1.54) is 23.7 Å². The topological polar surface area (TPSA) is 85.2 Å². The molecular weight excluding hydrogens is 370 g/mol. The molecule has 4 aromatic rings. The van der Waals surface area contributed by atoms with E-state index < -0.39 is 5.97 Å². The molecule has 0 aromatic carbocycles. The minimum Gasteiger partial charge on any atom is -0.465 e. The second-order valence-electron chi connectivity index (χ2n) is 5.49. The molecule has 0 saturated carbocycles. The lowest BCUT2D eigenvalue weighted by Crippen LogP contribution is -2.03. The summed E-state index contributed by atoms with van der Waals surface area (Å²) in [5, 5.41) is 9.96. The van der Waals surface area contributed by atoms with E-state index in [-0.39, 0.29) is 0 Å². The summed E-state index contributed by atoms with van der Waals surface area (Å²) in [6, 6.07) is 7.61. The monoisotopic (exact) mass is 385 g/mol. The number of carbonyl (C=O) groups is 1. The van der Waals surface area contributed by atoms with Crippen molar-refractivity contribution in [2.24, 2.45) is 0 Å². The van der Waals surface area contributed by atoms with Crippen LogP contribution in [-0.4, -0.2) is 37.6 Å². The third-order valence-corrected chi connectivity index (χ3v) is 5.48.